The van der Waals surface area contributed by atoms with Crippen molar-refractivity contribution in [2.75, 3.05) is 10.8 Å². The fourth-order valence-electron chi connectivity index (χ4n) is 3.99. The van der Waals surface area contributed by atoms with Crippen molar-refractivity contribution >= 4 is 27.5 Å². The number of anilines is 1. The highest BCUT2D eigenvalue weighted by atomic mass is 32.2. The summed E-state index contributed by atoms with van der Waals surface area (Å²) in [7, 11) is -4.07. The Balaban J connectivity index is 2.02. The topological polar surface area (TPSA) is 86.8 Å². The van der Waals surface area contributed by atoms with Gasteiger partial charge in [-0.25, -0.2) is 8.42 Å². The molecule has 1 atom stereocenters. The molecule has 0 aromatic heterocycles. The molecule has 7 nitrogen and oxygen atoms in total. The number of aryl methyl sites for hydroxylation is 2. The van der Waals surface area contributed by atoms with Crippen LogP contribution < -0.4 is 9.62 Å². The first-order chi connectivity index (χ1) is 17.8. The van der Waals surface area contributed by atoms with E-state index in [4.69, 9.17) is 0 Å². The summed E-state index contributed by atoms with van der Waals surface area (Å²) >= 11 is 0. The number of rotatable bonds is 9. The van der Waals surface area contributed by atoms with E-state index in [1.54, 1.807) is 49.4 Å². The lowest BCUT2D eigenvalue weighted by Gasteiger charge is -2.33. The number of nitrogens with one attached hydrogen (secondary N) is 1. The third-order valence-corrected chi connectivity index (χ3v) is 7.99. The number of sulfonamides is 1. The van der Waals surface area contributed by atoms with Gasteiger partial charge in [0.2, 0.25) is 11.8 Å². The molecule has 0 unspecified atom stereocenters. The smallest absolute Gasteiger partial charge is 0.264 e. The lowest BCUT2D eigenvalue weighted by Crippen LogP contribution is -2.54. The van der Waals surface area contributed by atoms with Gasteiger partial charge in [0.15, 0.2) is 0 Å². The quantitative estimate of drug-likeness (QED) is 0.425. The van der Waals surface area contributed by atoms with Gasteiger partial charge in [-0.15, -0.1) is 0 Å². The molecular formula is C30H37N3O4S. The van der Waals surface area contributed by atoms with Crippen LogP contribution in [0.5, 0.6) is 0 Å². The van der Waals surface area contributed by atoms with Crippen LogP contribution in [-0.2, 0) is 26.2 Å². The molecule has 202 valence electrons. The summed E-state index contributed by atoms with van der Waals surface area (Å²) in [5, 5.41) is 2.94. The fourth-order valence-corrected chi connectivity index (χ4v) is 5.40. The van der Waals surface area contributed by atoms with Crippen molar-refractivity contribution in [3.05, 3.63) is 95.6 Å². The van der Waals surface area contributed by atoms with Crippen LogP contribution in [0.25, 0.3) is 0 Å². The third-order valence-electron chi connectivity index (χ3n) is 6.20. The number of carbonyl (C=O) groups excluding carboxylic acids is 2. The predicted octanol–water partition coefficient (Wildman–Crippen LogP) is 4.83. The molecule has 0 spiro atoms. The number of nitrogens with zero attached hydrogens (tertiary/aromatic N) is 2. The zero-order chi connectivity index (χ0) is 28.1. The van der Waals surface area contributed by atoms with Crippen molar-refractivity contribution in [2.24, 2.45) is 0 Å². The Kier molecular flexibility index (Phi) is 8.99. The minimum Gasteiger partial charge on any atom is -0.350 e. The largest absolute Gasteiger partial charge is 0.350 e. The number of hydrogen-bond donors (Lipinski definition) is 1. The molecule has 0 fully saturated rings. The van der Waals surface area contributed by atoms with Crippen molar-refractivity contribution in [1.82, 2.24) is 10.2 Å². The molecular weight excluding hydrogens is 498 g/mol. The molecule has 0 radical (unpaired) electrons. The fraction of sp³-hybridized carbons (Fsp3) is 0.333. The van der Waals surface area contributed by atoms with E-state index in [1.165, 1.54) is 17.0 Å². The van der Waals surface area contributed by atoms with Crippen LogP contribution in [0.2, 0.25) is 0 Å². The lowest BCUT2D eigenvalue weighted by molar-refractivity contribution is -0.140. The first-order valence-corrected chi connectivity index (χ1v) is 14.0. The van der Waals surface area contributed by atoms with Crippen LogP contribution in [0.15, 0.2) is 83.8 Å². The maximum absolute atomic E-state index is 13.9. The van der Waals surface area contributed by atoms with Gasteiger partial charge in [0.05, 0.1) is 10.6 Å². The summed E-state index contributed by atoms with van der Waals surface area (Å²) in [6.45, 7) is 10.8. The van der Waals surface area contributed by atoms with Crippen molar-refractivity contribution < 1.29 is 18.0 Å². The summed E-state index contributed by atoms with van der Waals surface area (Å²) < 4.78 is 28.7. The molecule has 0 heterocycles. The Morgan fingerprint density at radius 1 is 0.868 bits per heavy atom. The molecule has 0 bridgehead atoms. The van der Waals surface area contributed by atoms with Crippen LogP contribution in [0.1, 0.15) is 44.4 Å². The SMILES string of the molecule is Cc1ccc(S(=O)(=O)N(CC(=O)N(Cc2ccccc2C)[C@H](C)C(=O)NC(C)(C)C)c2ccccc2)cc1. The minimum absolute atomic E-state index is 0.0868. The van der Waals surface area contributed by atoms with E-state index in [0.717, 1.165) is 21.0 Å². The van der Waals surface area contributed by atoms with E-state index in [-0.39, 0.29) is 17.3 Å². The first-order valence-electron chi connectivity index (χ1n) is 12.6. The standard InChI is InChI=1S/C30H37N3O4S/c1-22-16-18-27(19-17-22)38(36,37)33(26-14-8-7-9-15-26)21-28(34)32(20-25-13-11-10-12-23(25)2)24(3)29(35)31-30(4,5)6/h7-19,24H,20-21H2,1-6H3,(H,31,35)/t24-/m1/s1. The third kappa shape index (κ3) is 7.22. The Labute approximate surface area is 226 Å². The van der Waals surface area contributed by atoms with E-state index < -0.39 is 34.1 Å². The van der Waals surface area contributed by atoms with Gasteiger partial charge in [-0.3, -0.25) is 13.9 Å². The Morgan fingerprint density at radius 3 is 2.03 bits per heavy atom. The van der Waals surface area contributed by atoms with Crippen LogP contribution in [-0.4, -0.2) is 43.3 Å². The number of carbonyl (C=O) groups is 2. The zero-order valence-electron chi connectivity index (χ0n) is 22.9. The van der Waals surface area contributed by atoms with Gasteiger partial charge in [-0.1, -0.05) is 60.2 Å². The van der Waals surface area contributed by atoms with Crippen molar-refractivity contribution in [3.63, 3.8) is 0 Å². The highest BCUT2D eigenvalue weighted by Crippen LogP contribution is 2.25. The molecule has 3 rings (SSSR count). The lowest BCUT2D eigenvalue weighted by atomic mass is 10.1. The molecule has 8 heteroatoms. The summed E-state index contributed by atoms with van der Waals surface area (Å²) in [5.41, 5.74) is 2.65. The normalized spacial score (nSPS) is 12.5. The van der Waals surface area contributed by atoms with Crippen LogP contribution in [0, 0.1) is 13.8 Å². The highest BCUT2D eigenvalue weighted by Gasteiger charge is 2.33. The highest BCUT2D eigenvalue weighted by molar-refractivity contribution is 7.92. The molecule has 0 saturated heterocycles. The van der Waals surface area contributed by atoms with Gasteiger partial charge < -0.3 is 10.2 Å². The van der Waals surface area contributed by atoms with Gasteiger partial charge in [0.25, 0.3) is 10.0 Å². The number of para-hydroxylation sites is 1. The van der Waals surface area contributed by atoms with E-state index in [1.807, 2.05) is 58.9 Å². The maximum atomic E-state index is 13.9. The average molecular weight is 536 g/mol. The summed E-state index contributed by atoms with van der Waals surface area (Å²) in [4.78, 5) is 28.6. The first kappa shape index (κ1) is 28.9. The van der Waals surface area contributed by atoms with Gasteiger partial charge in [0, 0.05) is 12.1 Å². The van der Waals surface area contributed by atoms with E-state index >= 15 is 0 Å². The molecule has 0 aliphatic rings. The Bertz CT molecular complexity index is 1360. The number of amides is 2. The second-order valence-corrected chi connectivity index (χ2v) is 12.4. The summed E-state index contributed by atoms with van der Waals surface area (Å²) in [6.07, 6.45) is 0. The Morgan fingerprint density at radius 2 is 1.45 bits per heavy atom. The zero-order valence-corrected chi connectivity index (χ0v) is 23.7. The molecule has 0 saturated carbocycles. The van der Waals surface area contributed by atoms with E-state index in [0.29, 0.717) is 5.69 Å². The van der Waals surface area contributed by atoms with Crippen LogP contribution in [0.4, 0.5) is 5.69 Å². The molecule has 3 aromatic carbocycles. The van der Waals surface area contributed by atoms with Crippen LogP contribution >= 0.6 is 0 Å². The molecule has 0 aliphatic heterocycles. The average Bonchev–Trinajstić information content (AvgIpc) is 2.86. The maximum Gasteiger partial charge on any atom is 0.264 e. The molecule has 2 amide bonds. The number of benzene rings is 3. The molecule has 38 heavy (non-hydrogen) atoms. The summed E-state index contributed by atoms with van der Waals surface area (Å²) in [5.74, 6) is -0.795. The predicted molar refractivity (Wildman–Crippen MR) is 151 cm³/mol. The van der Waals surface area contributed by atoms with Crippen molar-refractivity contribution in [1.29, 1.82) is 0 Å². The van der Waals surface area contributed by atoms with Gasteiger partial charge in [0.1, 0.15) is 12.6 Å². The minimum atomic E-state index is -4.07. The number of hydrogen-bond acceptors (Lipinski definition) is 4. The van der Waals surface area contributed by atoms with Gasteiger partial charge in [-0.05, 0) is 76.9 Å². The second kappa shape index (κ2) is 11.8. The second-order valence-electron chi connectivity index (χ2n) is 10.5. The van der Waals surface area contributed by atoms with E-state index in [2.05, 4.69) is 5.32 Å². The molecule has 3 aromatic rings. The van der Waals surface area contributed by atoms with Crippen molar-refractivity contribution in [3.8, 4) is 0 Å². The van der Waals surface area contributed by atoms with Crippen molar-refractivity contribution in [2.45, 2.75) is 64.6 Å². The monoisotopic (exact) mass is 535 g/mol. The molecule has 0 aliphatic carbocycles. The van der Waals surface area contributed by atoms with Gasteiger partial charge in [-0.2, -0.15) is 0 Å². The Hall–Kier alpha value is -3.65. The van der Waals surface area contributed by atoms with E-state index in [9.17, 15) is 18.0 Å². The van der Waals surface area contributed by atoms with Crippen LogP contribution in [0.3, 0.4) is 0 Å². The summed E-state index contributed by atoms with van der Waals surface area (Å²) in [6, 6.07) is 21.9. The molecule has 1 N–H and O–H groups in total. The van der Waals surface area contributed by atoms with Gasteiger partial charge >= 0.3 is 0 Å².